The quantitative estimate of drug-likeness (QED) is 0.782. The van der Waals surface area contributed by atoms with Gasteiger partial charge in [0.1, 0.15) is 16.9 Å². The first-order valence-corrected chi connectivity index (χ1v) is 7.28. The third-order valence-electron chi connectivity index (χ3n) is 4.08. The number of nitrogens with two attached hydrogens (primary N) is 1. The van der Waals surface area contributed by atoms with Crippen LogP contribution < -0.4 is 10.6 Å². The van der Waals surface area contributed by atoms with Crippen LogP contribution in [0.1, 0.15) is 29.6 Å². The molecule has 7 nitrogen and oxygen atoms in total. The number of fused-ring (bicyclic) bond motifs is 1. The molecule has 1 aliphatic rings. The SMILES string of the molecule is Nc1nc2cccnc2c(N2CCCCC2CO)c1C(=O)O. The number of hydrogen-bond acceptors (Lipinski definition) is 6. The van der Waals surface area contributed by atoms with E-state index < -0.39 is 5.97 Å². The van der Waals surface area contributed by atoms with Crippen molar-refractivity contribution in [1.29, 1.82) is 0 Å². The summed E-state index contributed by atoms with van der Waals surface area (Å²) in [6, 6.07) is 3.36. The van der Waals surface area contributed by atoms with Gasteiger partial charge >= 0.3 is 5.97 Å². The van der Waals surface area contributed by atoms with E-state index in [4.69, 9.17) is 5.73 Å². The monoisotopic (exact) mass is 302 g/mol. The van der Waals surface area contributed by atoms with Gasteiger partial charge < -0.3 is 20.8 Å². The van der Waals surface area contributed by atoms with Crippen molar-refractivity contribution in [3.05, 3.63) is 23.9 Å². The van der Waals surface area contributed by atoms with Gasteiger partial charge in [-0.05, 0) is 31.4 Å². The Balaban J connectivity index is 2.29. The third kappa shape index (κ3) is 2.33. The average molecular weight is 302 g/mol. The van der Waals surface area contributed by atoms with E-state index in [1.807, 2.05) is 4.90 Å². The van der Waals surface area contributed by atoms with Crippen LogP contribution in [0.5, 0.6) is 0 Å². The molecule has 4 N–H and O–H groups in total. The van der Waals surface area contributed by atoms with Gasteiger partial charge in [-0.15, -0.1) is 0 Å². The molecule has 1 fully saturated rings. The van der Waals surface area contributed by atoms with Crippen LogP contribution in [0, 0.1) is 0 Å². The maximum Gasteiger partial charge on any atom is 0.341 e. The first-order chi connectivity index (χ1) is 10.6. The molecule has 1 aliphatic heterocycles. The molecule has 22 heavy (non-hydrogen) atoms. The van der Waals surface area contributed by atoms with Crippen LogP contribution in [0.2, 0.25) is 0 Å². The zero-order valence-corrected chi connectivity index (χ0v) is 12.1. The lowest BCUT2D eigenvalue weighted by molar-refractivity contribution is 0.0698. The molecule has 1 saturated heterocycles. The van der Waals surface area contributed by atoms with Gasteiger partial charge in [0.05, 0.1) is 23.9 Å². The fourth-order valence-corrected chi connectivity index (χ4v) is 3.07. The summed E-state index contributed by atoms with van der Waals surface area (Å²) < 4.78 is 0. The molecular weight excluding hydrogens is 284 g/mol. The van der Waals surface area contributed by atoms with Crippen LogP contribution in [0.3, 0.4) is 0 Å². The topological polar surface area (TPSA) is 113 Å². The van der Waals surface area contributed by atoms with Crippen LogP contribution >= 0.6 is 0 Å². The van der Waals surface area contributed by atoms with Gasteiger partial charge in [-0.3, -0.25) is 4.98 Å². The molecule has 3 heterocycles. The number of hydrogen-bond donors (Lipinski definition) is 3. The van der Waals surface area contributed by atoms with Crippen molar-refractivity contribution in [1.82, 2.24) is 9.97 Å². The maximum atomic E-state index is 11.7. The summed E-state index contributed by atoms with van der Waals surface area (Å²) in [5.74, 6) is -1.15. The van der Waals surface area contributed by atoms with Crippen LogP contribution in [0.4, 0.5) is 11.5 Å². The second-order valence-electron chi connectivity index (χ2n) is 5.42. The zero-order chi connectivity index (χ0) is 15.7. The number of aliphatic hydroxyl groups excluding tert-OH is 1. The molecule has 0 amide bonds. The highest BCUT2D eigenvalue weighted by Gasteiger charge is 2.30. The van der Waals surface area contributed by atoms with Crippen molar-refractivity contribution < 1.29 is 15.0 Å². The van der Waals surface area contributed by atoms with Crippen LogP contribution in [-0.4, -0.2) is 45.3 Å². The molecule has 0 aliphatic carbocycles. The smallest absolute Gasteiger partial charge is 0.341 e. The Morgan fingerprint density at radius 2 is 2.27 bits per heavy atom. The molecule has 0 bridgehead atoms. The maximum absolute atomic E-state index is 11.7. The number of aliphatic hydroxyl groups is 1. The molecule has 1 atom stereocenters. The van der Waals surface area contributed by atoms with Gasteiger partial charge in [0, 0.05) is 12.7 Å². The Kier molecular flexibility index (Phi) is 3.81. The summed E-state index contributed by atoms with van der Waals surface area (Å²) in [4.78, 5) is 22.1. The highest BCUT2D eigenvalue weighted by Crippen LogP contribution is 2.35. The summed E-state index contributed by atoms with van der Waals surface area (Å²) >= 11 is 0. The number of pyridine rings is 2. The van der Waals surface area contributed by atoms with Crippen molar-refractivity contribution in [3.63, 3.8) is 0 Å². The summed E-state index contributed by atoms with van der Waals surface area (Å²) in [5, 5.41) is 19.2. The average Bonchev–Trinajstić information content (AvgIpc) is 2.53. The molecule has 1 unspecified atom stereocenters. The number of anilines is 2. The van der Waals surface area contributed by atoms with Gasteiger partial charge in [0.15, 0.2) is 0 Å². The van der Waals surface area contributed by atoms with E-state index in [1.165, 1.54) is 0 Å². The van der Waals surface area contributed by atoms with Crippen LogP contribution in [-0.2, 0) is 0 Å². The van der Waals surface area contributed by atoms with Gasteiger partial charge in [-0.1, -0.05) is 0 Å². The van der Waals surface area contributed by atoms with Crippen LogP contribution in [0.25, 0.3) is 11.0 Å². The summed E-state index contributed by atoms with van der Waals surface area (Å²) in [5.41, 5.74) is 7.37. The second-order valence-corrected chi connectivity index (χ2v) is 5.42. The number of aromatic carboxylic acids is 1. The number of rotatable bonds is 3. The summed E-state index contributed by atoms with van der Waals surface area (Å²) in [6.45, 7) is 0.635. The van der Waals surface area contributed by atoms with Gasteiger partial charge in [0.2, 0.25) is 0 Å². The minimum atomic E-state index is -1.13. The molecule has 116 valence electrons. The molecule has 2 aromatic rings. The lowest BCUT2D eigenvalue weighted by Crippen LogP contribution is -2.43. The van der Waals surface area contributed by atoms with E-state index in [-0.39, 0.29) is 24.0 Å². The highest BCUT2D eigenvalue weighted by atomic mass is 16.4. The Morgan fingerprint density at radius 1 is 1.45 bits per heavy atom. The first kappa shape index (κ1) is 14.5. The molecular formula is C15H18N4O3. The van der Waals surface area contributed by atoms with Crippen molar-refractivity contribution in [3.8, 4) is 0 Å². The number of carbonyl (C=O) groups is 1. The number of aromatic nitrogens is 2. The van der Waals surface area contributed by atoms with E-state index in [0.29, 0.717) is 23.3 Å². The Hall–Kier alpha value is -2.41. The molecule has 0 saturated carbocycles. The number of carboxylic acids is 1. The Bertz CT molecular complexity index is 719. The van der Waals surface area contributed by atoms with Crippen molar-refractivity contribution in [2.45, 2.75) is 25.3 Å². The number of carboxylic acid groups (broad SMARTS) is 1. The molecule has 7 heteroatoms. The third-order valence-corrected chi connectivity index (χ3v) is 4.08. The van der Waals surface area contributed by atoms with E-state index in [2.05, 4.69) is 9.97 Å². The normalized spacial score (nSPS) is 18.6. The largest absolute Gasteiger partial charge is 0.477 e. The zero-order valence-electron chi connectivity index (χ0n) is 12.1. The minimum absolute atomic E-state index is 0.0229. The molecule has 0 spiro atoms. The number of nitrogens with zero attached hydrogens (tertiary/aromatic N) is 3. The Labute approximate surface area is 127 Å². The molecule has 2 aromatic heterocycles. The molecule has 0 aromatic carbocycles. The lowest BCUT2D eigenvalue weighted by atomic mass is 9.99. The highest BCUT2D eigenvalue weighted by molar-refractivity contribution is 6.07. The summed E-state index contributed by atoms with van der Waals surface area (Å²) in [6.07, 6.45) is 4.36. The van der Waals surface area contributed by atoms with Crippen molar-refractivity contribution in [2.24, 2.45) is 0 Å². The van der Waals surface area contributed by atoms with Crippen LogP contribution in [0.15, 0.2) is 18.3 Å². The van der Waals surface area contributed by atoms with E-state index in [1.54, 1.807) is 18.3 Å². The fraction of sp³-hybridized carbons (Fsp3) is 0.400. The van der Waals surface area contributed by atoms with Gasteiger partial charge in [-0.25, -0.2) is 9.78 Å². The fourth-order valence-electron chi connectivity index (χ4n) is 3.07. The second kappa shape index (κ2) is 5.76. The molecule has 3 rings (SSSR count). The van der Waals surface area contributed by atoms with Gasteiger partial charge in [0.25, 0.3) is 0 Å². The van der Waals surface area contributed by atoms with E-state index >= 15 is 0 Å². The predicted octanol–water partition coefficient (Wildman–Crippen LogP) is 1.26. The summed E-state index contributed by atoms with van der Waals surface area (Å²) in [7, 11) is 0. The standard InChI is InChI=1S/C15H18N4O3/c16-14-11(15(21)22)13(12-10(18-14)5-3-6-17-12)19-7-2-1-4-9(19)8-20/h3,5-6,9,20H,1-2,4,7-8H2,(H2,16,18)(H,21,22). The predicted molar refractivity (Wildman–Crippen MR) is 83.0 cm³/mol. The first-order valence-electron chi connectivity index (χ1n) is 7.28. The number of piperidine rings is 1. The minimum Gasteiger partial charge on any atom is -0.477 e. The van der Waals surface area contributed by atoms with E-state index in [9.17, 15) is 15.0 Å². The van der Waals surface area contributed by atoms with Crippen molar-refractivity contribution >= 4 is 28.5 Å². The van der Waals surface area contributed by atoms with E-state index in [0.717, 1.165) is 19.3 Å². The number of nitrogen functional groups attached to an aromatic ring is 1. The lowest BCUT2D eigenvalue weighted by Gasteiger charge is -2.37. The van der Waals surface area contributed by atoms with Gasteiger partial charge in [-0.2, -0.15) is 0 Å². The van der Waals surface area contributed by atoms with Crippen molar-refractivity contribution in [2.75, 3.05) is 23.8 Å². The molecule has 0 radical (unpaired) electrons. The Morgan fingerprint density at radius 3 is 3.00 bits per heavy atom.